The van der Waals surface area contributed by atoms with E-state index in [-0.39, 0.29) is 0 Å². The molecular formula is C9H18OSi. The molecule has 0 radical (unpaired) electrons. The van der Waals surface area contributed by atoms with E-state index in [4.69, 9.17) is 4.43 Å². The van der Waals surface area contributed by atoms with Crippen LogP contribution in [0, 0.1) is 0 Å². The monoisotopic (exact) mass is 170 g/mol. The second-order valence-corrected chi connectivity index (χ2v) is 6.29. The van der Waals surface area contributed by atoms with E-state index >= 15 is 0 Å². The Balaban J connectivity index is 4.05. The summed E-state index contributed by atoms with van der Waals surface area (Å²) in [5, 5.41) is 0. The van der Waals surface area contributed by atoms with Crippen molar-refractivity contribution in [1.82, 2.24) is 0 Å². The quantitative estimate of drug-likeness (QED) is 0.557. The lowest BCUT2D eigenvalue weighted by Gasteiger charge is -2.22. The first-order chi connectivity index (χ1) is 5.24. The van der Waals surface area contributed by atoms with Gasteiger partial charge >= 0.3 is 0 Å². The molecule has 0 fully saturated rings. The zero-order valence-electron chi connectivity index (χ0n) is 7.60. The van der Waals surface area contributed by atoms with Gasteiger partial charge in [0.1, 0.15) is 0 Å². The highest BCUT2D eigenvalue weighted by Gasteiger charge is 2.24. The van der Waals surface area contributed by atoms with Crippen molar-refractivity contribution >= 4 is 8.32 Å². The second-order valence-electron chi connectivity index (χ2n) is 2.57. The summed E-state index contributed by atoms with van der Waals surface area (Å²) in [6.07, 6.45) is 1.07. The van der Waals surface area contributed by atoms with Crippen LogP contribution in [0.1, 0.15) is 20.3 Å². The summed E-state index contributed by atoms with van der Waals surface area (Å²) in [6.45, 7) is 12.7. The van der Waals surface area contributed by atoms with Gasteiger partial charge in [-0.15, -0.1) is 13.2 Å². The van der Waals surface area contributed by atoms with Gasteiger partial charge in [-0.05, 0) is 12.5 Å². The topological polar surface area (TPSA) is 9.23 Å². The van der Waals surface area contributed by atoms with Crippen LogP contribution in [-0.2, 0) is 4.43 Å². The Morgan fingerprint density at radius 1 is 1.27 bits per heavy atom. The van der Waals surface area contributed by atoms with Gasteiger partial charge in [0.2, 0.25) is 8.32 Å². The van der Waals surface area contributed by atoms with Crippen LogP contribution in [0.4, 0.5) is 0 Å². The Kier molecular flexibility index (Phi) is 5.16. The van der Waals surface area contributed by atoms with E-state index in [1.54, 1.807) is 0 Å². The van der Waals surface area contributed by atoms with E-state index < -0.39 is 8.32 Å². The van der Waals surface area contributed by atoms with Crippen molar-refractivity contribution < 1.29 is 4.43 Å². The molecule has 0 rings (SSSR count). The highest BCUT2D eigenvalue weighted by Crippen LogP contribution is 2.13. The number of hydrogen-bond donors (Lipinski definition) is 0. The molecule has 0 unspecified atom stereocenters. The van der Waals surface area contributed by atoms with Gasteiger partial charge in [-0.3, -0.25) is 0 Å². The van der Waals surface area contributed by atoms with E-state index in [1.807, 2.05) is 11.4 Å². The molecule has 2 heteroatoms. The first kappa shape index (κ1) is 10.7. The molecule has 0 aliphatic rings. The minimum Gasteiger partial charge on any atom is -0.409 e. The van der Waals surface area contributed by atoms with Crippen LogP contribution in [0.2, 0.25) is 6.04 Å². The fourth-order valence-electron chi connectivity index (χ4n) is 0.884. The summed E-state index contributed by atoms with van der Waals surface area (Å²) in [5.74, 6) is 0. The minimum absolute atomic E-state index is 0.831. The van der Waals surface area contributed by atoms with Crippen LogP contribution in [0.25, 0.3) is 0 Å². The summed E-state index contributed by atoms with van der Waals surface area (Å²) in [7, 11) is -1.71. The van der Waals surface area contributed by atoms with Gasteiger partial charge in [-0.2, -0.15) is 0 Å². The summed E-state index contributed by atoms with van der Waals surface area (Å²) < 4.78 is 5.73. The maximum Gasteiger partial charge on any atom is 0.240 e. The minimum atomic E-state index is -1.71. The van der Waals surface area contributed by atoms with Gasteiger partial charge in [0, 0.05) is 6.61 Å². The molecule has 0 saturated carbocycles. The molecule has 0 aromatic heterocycles. The van der Waals surface area contributed by atoms with Gasteiger partial charge in [-0.25, -0.2) is 0 Å². The molecule has 11 heavy (non-hydrogen) atoms. The van der Waals surface area contributed by atoms with Gasteiger partial charge in [-0.1, -0.05) is 25.2 Å². The molecule has 0 aromatic carbocycles. The average Bonchev–Trinajstić information content (AvgIpc) is 2.08. The molecule has 0 spiro atoms. The number of rotatable bonds is 6. The van der Waals surface area contributed by atoms with Crippen LogP contribution >= 0.6 is 0 Å². The zero-order chi connectivity index (χ0) is 8.74. The van der Waals surface area contributed by atoms with Crippen molar-refractivity contribution in [1.29, 1.82) is 0 Å². The first-order valence-corrected chi connectivity index (χ1v) is 6.42. The fourth-order valence-corrected chi connectivity index (χ4v) is 2.65. The molecule has 1 nitrogen and oxygen atoms in total. The Labute approximate surface area is 70.9 Å². The normalized spacial score (nSPS) is 11.1. The Bertz CT molecular complexity index is 124. The van der Waals surface area contributed by atoms with Gasteiger partial charge in [0.05, 0.1) is 0 Å². The predicted molar refractivity (Wildman–Crippen MR) is 52.9 cm³/mol. The molecule has 0 amide bonds. The lowest BCUT2D eigenvalue weighted by Crippen LogP contribution is -2.33. The number of hydrogen-bond acceptors (Lipinski definition) is 1. The third kappa shape index (κ3) is 3.04. The SMILES string of the molecule is C=C[Si](C=C)(CC)OCCC. The molecule has 0 aromatic rings. The van der Waals surface area contributed by atoms with E-state index in [1.165, 1.54) is 0 Å². The van der Waals surface area contributed by atoms with E-state index in [9.17, 15) is 0 Å². The van der Waals surface area contributed by atoms with Crippen LogP contribution < -0.4 is 0 Å². The van der Waals surface area contributed by atoms with Crippen molar-refractivity contribution in [3.63, 3.8) is 0 Å². The average molecular weight is 170 g/mol. The zero-order valence-corrected chi connectivity index (χ0v) is 8.60. The first-order valence-electron chi connectivity index (χ1n) is 4.15. The summed E-state index contributed by atoms with van der Waals surface area (Å²) >= 11 is 0. The molecule has 0 aliphatic carbocycles. The van der Waals surface area contributed by atoms with Crippen molar-refractivity contribution in [3.8, 4) is 0 Å². The Hall–Kier alpha value is -0.343. The largest absolute Gasteiger partial charge is 0.409 e. The van der Waals surface area contributed by atoms with Crippen molar-refractivity contribution in [2.75, 3.05) is 6.61 Å². The maximum absolute atomic E-state index is 5.73. The van der Waals surface area contributed by atoms with E-state index in [0.29, 0.717) is 0 Å². The molecule has 0 aliphatic heterocycles. The highest BCUT2D eigenvalue weighted by molar-refractivity contribution is 6.83. The standard InChI is InChI=1S/C9H18OSi/c1-5-9-10-11(6-2,7-3)8-4/h6-7H,2-3,5,8-9H2,1,4H3. The molecule has 0 bridgehead atoms. The Morgan fingerprint density at radius 3 is 2.09 bits per heavy atom. The predicted octanol–water partition coefficient (Wildman–Crippen LogP) is 2.83. The van der Waals surface area contributed by atoms with Crippen molar-refractivity contribution in [2.45, 2.75) is 26.3 Å². The lowest BCUT2D eigenvalue weighted by atomic mass is 10.5. The maximum atomic E-state index is 5.73. The summed E-state index contributed by atoms with van der Waals surface area (Å²) in [5.41, 5.74) is 3.91. The molecule has 64 valence electrons. The third-order valence-electron chi connectivity index (χ3n) is 1.82. The Morgan fingerprint density at radius 2 is 1.82 bits per heavy atom. The lowest BCUT2D eigenvalue weighted by molar-refractivity contribution is 0.314. The van der Waals surface area contributed by atoms with E-state index in [0.717, 1.165) is 19.1 Å². The van der Waals surface area contributed by atoms with Gasteiger partial charge in [0.15, 0.2) is 0 Å². The molecular weight excluding hydrogens is 152 g/mol. The third-order valence-corrected chi connectivity index (χ3v) is 5.05. The van der Waals surface area contributed by atoms with Gasteiger partial charge in [0.25, 0.3) is 0 Å². The summed E-state index contributed by atoms with van der Waals surface area (Å²) in [4.78, 5) is 0. The van der Waals surface area contributed by atoms with Crippen LogP contribution in [0.3, 0.4) is 0 Å². The van der Waals surface area contributed by atoms with E-state index in [2.05, 4.69) is 27.0 Å². The molecule has 0 heterocycles. The van der Waals surface area contributed by atoms with Crippen molar-refractivity contribution in [2.24, 2.45) is 0 Å². The van der Waals surface area contributed by atoms with Crippen LogP contribution in [-0.4, -0.2) is 14.9 Å². The van der Waals surface area contributed by atoms with Crippen molar-refractivity contribution in [3.05, 3.63) is 24.6 Å². The molecule has 0 N–H and O–H groups in total. The van der Waals surface area contributed by atoms with Crippen LogP contribution in [0.15, 0.2) is 24.6 Å². The second kappa shape index (κ2) is 5.33. The van der Waals surface area contributed by atoms with Crippen LogP contribution in [0.5, 0.6) is 0 Å². The highest BCUT2D eigenvalue weighted by atomic mass is 28.4. The van der Waals surface area contributed by atoms with Gasteiger partial charge < -0.3 is 4.43 Å². The molecule has 0 saturated heterocycles. The fraction of sp³-hybridized carbons (Fsp3) is 0.556. The smallest absolute Gasteiger partial charge is 0.240 e. The summed E-state index contributed by atoms with van der Waals surface area (Å²) in [6, 6.07) is 1.04. The molecule has 0 atom stereocenters.